The van der Waals surface area contributed by atoms with Crippen LogP contribution in [-0.2, 0) is 28.7 Å². The van der Waals surface area contributed by atoms with Crippen molar-refractivity contribution in [2.24, 2.45) is 11.7 Å². The Labute approximate surface area is 171 Å². The van der Waals surface area contributed by atoms with Crippen LogP contribution in [0.1, 0.15) is 27.2 Å². The van der Waals surface area contributed by atoms with Crippen molar-refractivity contribution in [2.75, 3.05) is 52.6 Å². The lowest BCUT2D eigenvalue weighted by molar-refractivity contribution is -0.131. The molecule has 0 aromatic heterocycles. The van der Waals surface area contributed by atoms with E-state index in [2.05, 4.69) is 21.3 Å². The van der Waals surface area contributed by atoms with Gasteiger partial charge in [-0.05, 0) is 19.3 Å². The number of nitrogens with two attached hydrogens (primary N) is 1. The van der Waals surface area contributed by atoms with E-state index in [0.717, 1.165) is 0 Å². The van der Waals surface area contributed by atoms with Crippen molar-refractivity contribution in [3.8, 4) is 0 Å². The second kappa shape index (κ2) is 16.7. The summed E-state index contributed by atoms with van der Waals surface area (Å²) in [4.78, 5) is 47.2. The van der Waals surface area contributed by atoms with E-state index in [4.69, 9.17) is 15.2 Å². The average Bonchev–Trinajstić information content (AvgIpc) is 2.68. The van der Waals surface area contributed by atoms with Crippen molar-refractivity contribution in [1.29, 1.82) is 0 Å². The fraction of sp³-hybridized carbons (Fsp3) is 0.778. The molecule has 0 rings (SSSR count). The molecule has 0 heterocycles. The zero-order valence-corrected chi connectivity index (χ0v) is 17.5. The summed E-state index contributed by atoms with van der Waals surface area (Å²) in [6.07, 6.45) is 0.387. The van der Waals surface area contributed by atoms with Crippen LogP contribution in [0, 0.1) is 5.92 Å². The van der Waals surface area contributed by atoms with Crippen LogP contribution in [0.3, 0.4) is 0 Å². The lowest BCUT2D eigenvalue weighted by atomic mass is 10.0. The SMILES string of the molecule is CCOCCOCCNC(=O)CNC(=O)[C@H](CC(C)C)NC(=O)CNC(=O)CN. The first-order valence-corrected chi connectivity index (χ1v) is 9.76. The second-order valence-electron chi connectivity index (χ2n) is 6.61. The van der Waals surface area contributed by atoms with Gasteiger partial charge in [-0.3, -0.25) is 19.2 Å². The Morgan fingerprint density at radius 2 is 1.52 bits per heavy atom. The van der Waals surface area contributed by atoms with Gasteiger partial charge in [0.25, 0.3) is 0 Å². The molecule has 0 aliphatic heterocycles. The van der Waals surface area contributed by atoms with Gasteiger partial charge in [-0.1, -0.05) is 13.8 Å². The molecule has 11 nitrogen and oxygen atoms in total. The Morgan fingerprint density at radius 1 is 0.862 bits per heavy atom. The first kappa shape index (κ1) is 26.8. The third-order valence-electron chi connectivity index (χ3n) is 3.56. The largest absolute Gasteiger partial charge is 0.379 e. The van der Waals surface area contributed by atoms with E-state index in [1.807, 2.05) is 20.8 Å². The molecule has 0 unspecified atom stereocenters. The molecule has 0 aliphatic rings. The summed E-state index contributed by atoms with van der Waals surface area (Å²) in [6, 6.07) is -0.813. The van der Waals surface area contributed by atoms with Gasteiger partial charge in [-0.2, -0.15) is 0 Å². The topological polar surface area (TPSA) is 161 Å². The summed E-state index contributed by atoms with van der Waals surface area (Å²) in [5, 5.41) is 10.0. The van der Waals surface area contributed by atoms with Gasteiger partial charge >= 0.3 is 0 Å². The molecule has 0 aromatic rings. The molecular formula is C18H35N5O6. The Morgan fingerprint density at radius 3 is 2.14 bits per heavy atom. The summed E-state index contributed by atoms with van der Waals surface area (Å²) in [7, 11) is 0. The van der Waals surface area contributed by atoms with Crippen LogP contribution >= 0.6 is 0 Å². The summed E-state index contributed by atoms with van der Waals surface area (Å²) < 4.78 is 10.4. The van der Waals surface area contributed by atoms with Gasteiger partial charge in [0.1, 0.15) is 6.04 Å². The first-order chi connectivity index (χ1) is 13.8. The van der Waals surface area contributed by atoms with Gasteiger partial charge in [0.2, 0.25) is 23.6 Å². The highest BCUT2D eigenvalue weighted by atomic mass is 16.5. The van der Waals surface area contributed by atoms with Crippen molar-refractivity contribution in [3.63, 3.8) is 0 Å². The molecule has 0 bridgehead atoms. The van der Waals surface area contributed by atoms with Crippen LogP contribution in [-0.4, -0.2) is 82.3 Å². The first-order valence-electron chi connectivity index (χ1n) is 9.76. The number of hydrogen-bond acceptors (Lipinski definition) is 7. The van der Waals surface area contributed by atoms with E-state index in [-0.39, 0.29) is 31.5 Å². The minimum Gasteiger partial charge on any atom is -0.379 e. The number of carbonyl (C=O) groups is 4. The van der Waals surface area contributed by atoms with Gasteiger partial charge in [-0.15, -0.1) is 0 Å². The van der Waals surface area contributed by atoms with E-state index < -0.39 is 23.8 Å². The number of hydrogen-bond donors (Lipinski definition) is 5. The van der Waals surface area contributed by atoms with Crippen LogP contribution in [0.15, 0.2) is 0 Å². The zero-order valence-electron chi connectivity index (χ0n) is 17.5. The molecule has 0 saturated heterocycles. The molecule has 0 aromatic carbocycles. The molecule has 29 heavy (non-hydrogen) atoms. The third-order valence-corrected chi connectivity index (χ3v) is 3.56. The molecule has 0 fully saturated rings. The molecule has 0 radical (unpaired) electrons. The van der Waals surface area contributed by atoms with Crippen molar-refractivity contribution in [3.05, 3.63) is 0 Å². The van der Waals surface area contributed by atoms with E-state index in [1.165, 1.54) is 0 Å². The maximum atomic E-state index is 12.3. The van der Waals surface area contributed by atoms with Crippen molar-refractivity contribution < 1.29 is 28.7 Å². The minimum atomic E-state index is -0.813. The number of nitrogens with one attached hydrogen (secondary N) is 4. The highest BCUT2D eigenvalue weighted by Gasteiger charge is 2.22. The van der Waals surface area contributed by atoms with Gasteiger partial charge in [0.05, 0.1) is 39.5 Å². The van der Waals surface area contributed by atoms with E-state index in [1.54, 1.807) is 0 Å². The van der Waals surface area contributed by atoms with Crippen molar-refractivity contribution >= 4 is 23.6 Å². The fourth-order valence-corrected chi connectivity index (χ4v) is 2.18. The van der Waals surface area contributed by atoms with Gasteiger partial charge < -0.3 is 36.5 Å². The van der Waals surface area contributed by atoms with Crippen LogP contribution in [0.5, 0.6) is 0 Å². The molecule has 6 N–H and O–H groups in total. The Kier molecular flexibility index (Phi) is 15.4. The normalized spacial score (nSPS) is 11.6. The van der Waals surface area contributed by atoms with Crippen LogP contribution in [0.25, 0.3) is 0 Å². The fourth-order valence-electron chi connectivity index (χ4n) is 2.18. The number of amides is 4. The van der Waals surface area contributed by atoms with Crippen LogP contribution < -0.4 is 27.0 Å². The second-order valence-corrected chi connectivity index (χ2v) is 6.61. The molecule has 0 aliphatic carbocycles. The number of rotatable bonds is 16. The van der Waals surface area contributed by atoms with Crippen LogP contribution in [0.4, 0.5) is 0 Å². The van der Waals surface area contributed by atoms with Gasteiger partial charge in [0.15, 0.2) is 0 Å². The average molecular weight is 418 g/mol. The standard InChI is InChI=1S/C18H35N5O6/c1-4-28-7-8-29-6-5-20-16(25)11-22-18(27)14(9-13(2)3)23-17(26)12-21-15(24)10-19/h13-14H,4-12,19H2,1-3H3,(H,20,25)(H,21,24)(H,22,27)(H,23,26)/t14-/m0/s1. The van der Waals surface area contributed by atoms with Crippen LogP contribution in [0.2, 0.25) is 0 Å². The Bertz CT molecular complexity index is 515. The number of carbonyl (C=O) groups excluding carboxylic acids is 4. The molecule has 0 saturated carbocycles. The summed E-state index contributed by atoms with van der Waals surface area (Å²) in [5.41, 5.74) is 5.15. The molecule has 11 heteroatoms. The lowest BCUT2D eigenvalue weighted by Crippen LogP contribution is -2.51. The monoisotopic (exact) mass is 417 g/mol. The maximum Gasteiger partial charge on any atom is 0.243 e. The smallest absolute Gasteiger partial charge is 0.243 e. The molecule has 4 amide bonds. The van der Waals surface area contributed by atoms with Gasteiger partial charge in [-0.25, -0.2) is 0 Å². The van der Waals surface area contributed by atoms with E-state index in [0.29, 0.717) is 39.4 Å². The van der Waals surface area contributed by atoms with Crippen molar-refractivity contribution in [1.82, 2.24) is 21.3 Å². The zero-order chi connectivity index (χ0) is 22.1. The highest BCUT2D eigenvalue weighted by Crippen LogP contribution is 2.04. The Hall–Kier alpha value is -2.24. The lowest BCUT2D eigenvalue weighted by Gasteiger charge is -2.20. The summed E-state index contributed by atoms with van der Waals surface area (Å²) >= 11 is 0. The highest BCUT2D eigenvalue weighted by molar-refractivity contribution is 5.92. The third kappa shape index (κ3) is 15.4. The Balaban J connectivity index is 4.23. The molecular weight excluding hydrogens is 382 g/mol. The van der Waals surface area contributed by atoms with Crippen molar-refractivity contribution in [2.45, 2.75) is 33.2 Å². The van der Waals surface area contributed by atoms with Gasteiger partial charge in [0, 0.05) is 13.2 Å². The van der Waals surface area contributed by atoms with E-state index >= 15 is 0 Å². The predicted octanol–water partition coefficient (Wildman–Crippen LogP) is -2.12. The summed E-state index contributed by atoms with van der Waals surface area (Å²) in [5.74, 6) is -1.69. The van der Waals surface area contributed by atoms with E-state index in [9.17, 15) is 19.2 Å². The minimum absolute atomic E-state index is 0.132. The quantitative estimate of drug-likeness (QED) is 0.179. The molecule has 168 valence electrons. The molecule has 0 spiro atoms. The predicted molar refractivity (Wildman–Crippen MR) is 107 cm³/mol. The number of ether oxygens (including phenoxy) is 2. The maximum absolute atomic E-state index is 12.3. The summed E-state index contributed by atoms with van der Waals surface area (Å²) in [6.45, 7) is 7.21. The molecule has 1 atom stereocenters.